The van der Waals surface area contributed by atoms with Gasteiger partial charge < -0.3 is 20.7 Å². The molecule has 0 spiro atoms. The van der Waals surface area contributed by atoms with Crippen LogP contribution in [0.4, 0.5) is 0 Å². The Morgan fingerprint density at radius 1 is 1.46 bits per heavy atom. The van der Waals surface area contributed by atoms with Crippen molar-refractivity contribution in [1.29, 1.82) is 0 Å². The molecule has 0 unspecified atom stereocenters. The van der Waals surface area contributed by atoms with Crippen LogP contribution >= 0.6 is 0 Å². The van der Waals surface area contributed by atoms with E-state index in [9.17, 15) is 4.79 Å². The molecule has 13 heavy (non-hydrogen) atoms. The van der Waals surface area contributed by atoms with Gasteiger partial charge in [-0.1, -0.05) is 0 Å². The van der Waals surface area contributed by atoms with Gasteiger partial charge >= 0.3 is 0 Å². The number of nitrogens with zero attached hydrogens (tertiary/aromatic N) is 1. The van der Waals surface area contributed by atoms with Gasteiger partial charge in [0.25, 0.3) is 0 Å². The molecule has 0 bridgehead atoms. The number of carbonyl (C=O) groups is 1. The highest BCUT2D eigenvalue weighted by atomic mass is 16.5. The Morgan fingerprint density at radius 2 is 2.15 bits per heavy atom. The first-order valence-corrected chi connectivity index (χ1v) is 4.36. The highest BCUT2D eigenvalue weighted by molar-refractivity contribution is 5.77. The zero-order valence-corrected chi connectivity index (χ0v) is 8.38. The van der Waals surface area contributed by atoms with E-state index in [0.29, 0.717) is 19.8 Å². The van der Waals surface area contributed by atoms with Gasteiger partial charge in [-0.05, 0) is 14.1 Å². The predicted octanol–water partition coefficient (Wildman–Crippen LogP) is -1.36. The van der Waals surface area contributed by atoms with Crippen molar-refractivity contribution in [2.75, 3.05) is 46.9 Å². The molecule has 5 nitrogen and oxygen atoms in total. The molecule has 0 aliphatic rings. The van der Waals surface area contributed by atoms with E-state index < -0.39 is 0 Å². The minimum Gasteiger partial charge on any atom is -0.378 e. The Labute approximate surface area is 79.2 Å². The quantitative estimate of drug-likeness (QED) is 0.485. The highest BCUT2D eigenvalue weighted by Gasteiger charge is 1.95. The second kappa shape index (κ2) is 7.97. The molecule has 0 radical (unpaired) electrons. The molecule has 0 aliphatic carbocycles. The van der Waals surface area contributed by atoms with Gasteiger partial charge in [-0.15, -0.1) is 0 Å². The molecule has 0 aliphatic heterocycles. The molecule has 78 valence electrons. The van der Waals surface area contributed by atoms with Crippen LogP contribution in [-0.4, -0.2) is 57.8 Å². The Hall–Kier alpha value is -0.650. The lowest BCUT2D eigenvalue weighted by molar-refractivity contribution is -0.119. The van der Waals surface area contributed by atoms with Gasteiger partial charge in [0, 0.05) is 13.1 Å². The zero-order valence-electron chi connectivity index (χ0n) is 8.38. The Kier molecular flexibility index (Phi) is 7.57. The second-order valence-corrected chi connectivity index (χ2v) is 2.97. The summed E-state index contributed by atoms with van der Waals surface area (Å²) in [6.45, 7) is 2.69. The van der Waals surface area contributed by atoms with Gasteiger partial charge in [-0.25, -0.2) is 0 Å². The molecule has 0 saturated heterocycles. The van der Waals surface area contributed by atoms with Crippen LogP contribution in [0.3, 0.4) is 0 Å². The maximum Gasteiger partial charge on any atom is 0.233 e. The number of amides is 1. The smallest absolute Gasteiger partial charge is 0.233 e. The number of carbonyl (C=O) groups excluding carboxylic acids is 1. The van der Waals surface area contributed by atoms with Crippen LogP contribution in [0.1, 0.15) is 0 Å². The van der Waals surface area contributed by atoms with Crippen LogP contribution in [0.25, 0.3) is 0 Å². The summed E-state index contributed by atoms with van der Waals surface area (Å²) in [5.41, 5.74) is 5.09. The number of ether oxygens (including phenoxy) is 1. The van der Waals surface area contributed by atoms with Gasteiger partial charge in [-0.3, -0.25) is 4.79 Å². The van der Waals surface area contributed by atoms with Crippen LogP contribution in [0.5, 0.6) is 0 Å². The van der Waals surface area contributed by atoms with Crippen molar-refractivity contribution in [2.45, 2.75) is 0 Å². The van der Waals surface area contributed by atoms with E-state index >= 15 is 0 Å². The van der Waals surface area contributed by atoms with Crippen molar-refractivity contribution in [3.05, 3.63) is 0 Å². The van der Waals surface area contributed by atoms with Gasteiger partial charge in [0.2, 0.25) is 5.91 Å². The van der Waals surface area contributed by atoms with Crippen LogP contribution in [-0.2, 0) is 9.53 Å². The number of nitrogens with one attached hydrogen (secondary N) is 1. The monoisotopic (exact) mass is 189 g/mol. The average molecular weight is 189 g/mol. The largest absolute Gasteiger partial charge is 0.378 e. The summed E-state index contributed by atoms with van der Waals surface area (Å²) < 4.78 is 5.24. The van der Waals surface area contributed by atoms with E-state index in [1.807, 2.05) is 19.0 Å². The number of hydrogen-bond acceptors (Lipinski definition) is 4. The summed E-state index contributed by atoms with van der Waals surface area (Å²) in [5, 5.41) is 2.62. The molecule has 0 aromatic carbocycles. The maximum absolute atomic E-state index is 10.7. The lowest BCUT2D eigenvalue weighted by Crippen LogP contribution is -2.33. The number of rotatable bonds is 7. The molecule has 0 rings (SSSR count). The molecule has 0 fully saturated rings. The van der Waals surface area contributed by atoms with Crippen LogP contribution in [0.15, 0.2) is 0 Å². The van der Waals surface area contributed by atoms with Crippen LogP contribution < -0.4 is 11.1 Å². The first-order valence-electron chi connectivity index (χ1n) is 4.36. The zero-order chi connectivity index (χ0) is 10.1. The normalized spacial score (nSPS) is 10.5. The molecule has 0 aromatic heterocycles. The summed E-state index contributed by atoms with van der Waals surface area (Å²) in [7, 11) is 3.97. The van der Waals surface area contributed by atoms with E-state index in [4.69, 9.17) is 10.5 Å². The third-order valence-corrected chi connectivity index (χ3v) is 1.44. The molecule has 0 saturated carbocycles. The molecule has 1 amide bonds. The third-order valence-electron chi connectivity index (χ3n) is 1.44. The van der Waals surface area contributed by atoms with Gasteiger partial charge in [-0.2, -0.15) is 0 Å². The highest BCUT2D eigenvalue weighted by Crippen LogP contribution is 1.77. The molecule has 0 atom stereocenters. The molecule has 0 heterocycles. The van der Waals surface area contributed by atoms with Crippen molar-refractivity contribution < 1.29 is 9.53 Å². The van der Waals surface area contributed by atoms with Crippen molar-refractivity contribution in [2.24, 2.45) is 5.73 Å². The Bertz CT molecular complexity index is 139. The first kappa shape index (κ1) is 12.3. The van der Waals surface area contributed by atoms with E-state index in [1.165, 1.54) is 0 Å². The number of nitrogens with two attached hydrogens (primary N) is 1. The molecular formula is C8H19N3O2. The number of likely N-dealkylation sites (N-methyl/N-ethyl adjacent to an activating group) is 1. The van der Waals surface area contributed by atoms with Gasteiger partial charge in [0.15, 0.2) is 0 Å². The SMILES string of the molecule is CN(C)CCOCCNC(=O)CN. The van der Waals surface area contributed by atoms with Crippen molar-refractivity contribution in [1.82, 2.24) is 10.2 Å². The molecule has 5 heteroatoms. The lowest BCUT2D eigenvalue weighted by atomic mass is 10.5. The van der Waals surface area contributed by atoms with E-state index in [1.54, 1.807) is 0 Å². The van der Waals surface area contributed by atoms with E-state index in [0.717, 1.165) is 6.54 Å². The van der Waals surface area contributed by atoms with Gasteiger partial charge in [0.05, 0.1) is 19.8 Å². The average Bonchev–Trinajstić information content (AvgIpc) is 2.10. The molecule has 3 N–H and O–H groups in total. The fourth-order valence-corrected chi connectivity index (χ4v) is 0.684. The maximum atomic E-state index is 10.7. The minimum absolute atomic E-state index is 0.0394. The Balaban J connectivity index is 3.04. The predicted molar refractivity (Wildman–Crippen MR) is 51.4 cm³/mol. The van der Waals surface area contributed by atoms with E-state index in [-0.39, 0.29) is 12.5 Å². The molecule has 0 aromatic rings. The standard InChI is InChI=1S/C8H19N3O2/c1-11(2)4-6-13-5-3-10-8(12)7-9/h3-7,9H2,1-2H3,(H,10,12). The Morgan fingerprint density at radius 3 is 2.69 bits per heavy atom. The van der Waals surface area contributed by atoms with Crippen molar-refractivity contribution in [3.8, 4) is 0 Å². The third kappa shape index (κ3) is 9.26. The minimum atomic E-state index is -0.142. The molecular weight excluding hydrogens is 170 g/mol. The topological polar surface area (TPSA) is 67.6 Å². The summed E-state index contributed by atoms with van der Waals surface area (Å²) in [4.78, 5) is 12.7. The summed E-state index contributed by atoms with van der Waals surface area (Å²) in [6.07, 6.45) is 0. The van der Waals surface area contributed by atoms with Crippen molar-refractivity contribution >= 4 is 5.91 Å². The van der Waals surface area contributed by atoms with Gasteiger partial charge in [0.1, 0.15) is 0 Å². The van der Waals surface area contributed by atoms with Crippen LogP contribution in [0.2, 0.25) is 0 Å². The fraction of sp³-hybridized carbons (Fsp3) is 0.875. The van der Waals surface area contributed by atoms with E-state index in [2.05, 4.69) is 5.32 Å². The summed E-state index contributed by atoms with van der Waals surface area (Å²) >= 11 is 0. The second-order valence-electron chi connectivity index (χ2n) is 2.97. The lowest BCUT2D eigenvalue weighted by Gasteiger charge is -2.09. The summed E-state index contributed by atoms with van der Waals surface area (Å²) in [6, 6.07) is 0. The van der Waals surface area contributed by atoms with Crippen molar-refractivity contribution in [3.63, 3.8) is 0 Å². The fourth-order valence-electron chi connectivity index (χ4n) is 0.684. The van der Waals surface area contributed by atoms with Crippen LogP contribution in [0, 0.1) is 0 Å². The summed E-state index contributed by atoms with van der Waals surface area (Å²) in [5.74, 6) is -0.142. The first-order chi connectivity index (χ1) is 6.16. The number of hydrogen-bond donors (Lipinski definition) is 2.